The van der Waals surface area contributed by atoms with Crippen molar-refractivity contribution in [2.45, 2.75) is 11.1 Å². The fourth-order valence-electron chi connectivity index (χ4n) is 0.440. The average Bonchev–Trinajstić information content (AvgIpc) is 1.87. The summed E-state index contributed by atoms with van der Waals surface area (Å²) in [7, 11) is 0. The summed E-state index contributed by atoms with van der Waals surface area (Å²) in [5, 5.41) is 16.7. The molecule has 0 aliphatic heterocycles. The van der Waals surface area contributed by atoms with Crippen LogP contribution in [-0.2, 0) is 9.59 Å². The molecule has 0 heterocycles. The Morgan fingerprint density at radius 1 is 1.45 bits per heavy atom. The zero-order valence-corrected chi connectivity index (χ0v) is 8.20. The molecule has 0 bridgehead atoms. The van der Waals surface area contributed by atoms with Gasteiger partial charge in [0.15, 0.2) is 0 Å². The molecule has 0 amide bonds. The summed E-state index contributed by atoms with van der Waals surface area (Å²) in [5.41, 5.74) is -0.0539. The van der Waals surface area contributed by atoms with Gasteiger partial charge in [0.05, 0.1) is 0 Å². The van der Waals surface area contributed by atoms with E-state index in [2.05, 4.69) is 6.58 Å². The van der Waals surface area contributed by atoms with Crippen LogP contribution in [-0.4, -0.2) is 39.0 Å². The zero-order chi connectivity index (χ0) is 9.02. The van der Waals surface area contributed by atoms with Crippen LogP contribution >= 0.6 is 0 Å². The third-order valence-corrected chi connectivity index (χ3v) is 2.18. The van der Waals surface area contributed by atoms with Crippen molar-refractivity contribution in [1.29, 1.82) is 0 Å². The number of carboxylic acid groups (broad SMARTS) is 2. The van der Waals surface area contributed by atoms with Gasteiger partial charge in [-0.1, -0.05) is 0 Å². The summed E-state index contributed by atoms with van der Waals surface area (Å²) in [5.74, 6) is -2.11. The molecule has 0 aromatic rings. The van der Waals surface area contributed by atoms with Crippen LogP contribution in [0.2, 0.25) is 4.71 Å². The summed E-state index contributed by atoms with van der Waals surface area (Å²) in [6, 6.07) is 0. The van der Waals surface area contributed by atoms with Gasteiger partial charge in [-0.3, -0.25) is 0 Å². The van der Waals surface area contributed by atoms with Crippen LogP contribution in [0, 0.1) is 0 Å². The van der Waals surface area contributed by atoms with Crippen LogP contribution in [0.25, 0.3) is 0 Å². The van der Waals surface area contributed by atoms with E-state index in [1.807, 2.05) is 0 Å². The van der Waals surface area contributed by atoms with E-state index in [0.717, 1.165) is 16.9 Å². The van der Waals surface area contributed by atoms with Crippen molar-refractivity contribution in [2.75, 3.05) is 0 Å². The van der Waals surface area contributed by atoms with E-state index >= 15 is 0 Å². The number of hydrogen-bond acceptors (Lipinski definition) is 2. The predicted molar refractivity (Wildman–Crippen MR) is 41.3 cm³/mol. The molecule has 2 N–H and O–H groups in total. The molecular formula is C6H9AsO4. The molecule has 0 aliphatic carbocycles. The molecule has 0 aromatic carbocycles. The number of carbonyl (C=O) groups is 2. The Labute approximate surface area is 72.4 Å². The minimum atomic E-state index is -1.13. The molecule has 2 unspecified atom stereocenters. The Bertz CT molecular complexity index is 199. The van der Waals surface area contributed by atoms with E-state index in [4.69, 9.17) is 10.2 Å². The first-order valence-electron chi connectivity index (χ1n) is 2.84. The first kappa shape index (κ1) is 10.2. The van der Waals surface area contributed by atoms with E-state index in [-0.39, 0.29) is 12.0 Å². The minimum absolute atomic E-state index is 0.0185. The van der Waals surface area contributed by atoms with Gasteiger partial charge in [-0.25, -0.2) is 0 Å². The number of carboxylic acids is 2. The molecular weight excluding hydrogens is 211 g/mol. The SMILES string of the molecule is C=C(CC([AsH2])C(=O)O)C(=O)O. The Kier molecular flexibility index (Phi) is 3.90. The molecule has 0 radical (unpaired) electrons. The summed E-state index contributed by atoms with van der Waals surface area (Å²) < 4.78 is -0.619. The monoisotopic (exact) mass is 220 g/mol. The number of hydrogen-bond donors (Lipinski definition) is 2. The molecule has 11 heavy (non-hydrogen) atoms. The molecule has 0 aromatic heterocycles. The van der Waals surface area contributed by atoms with Gasteiger partial charge in [0.1, 0.15) is 0 Å². The number of rotatable bonds is 4. The second-order valence-electron chi connectivity index (χ2n) is 2.06. The van der Waals surface area contributed by atoms with Crippen molar-refractivity contribution < 1.29 is 19.8 Å². The third-order valence-electron chi connectivity index (χ3n) is 1.09. The van der Waals surface area contributed by atoms with Crippen molar-refractivity contribution in [3.8, 4) is 0 Å². The standard InChI is InChI=1S/C6H9AsO4/c1-3(5(8)9)2-4(7)6(10)11/h4H,1-2,7H2,(H,8,9)(H,10,11). The Hall–Kier alpha value is -0.762. The summed E-state index contributed by atoms with van der Waals surface area (Å²) in [6.07, 6.45) is 0.0185. The van der Waals surface area contributed by atoms with Crippen molar-refractivity contribution in [3.63, 3.8) is 0 Å². The number of aliphatic carboxylic acids is 2. The van der Waals surface area contributed by atoms with Crippen molar-refractivity contribution in [3.05, 3.63) is 12.2 Å². The van der Waals surface area contributed by atoms with Gasteiger partial charge in [0, 0.05) is 0 Å². The zero-order valence-electron chi connectivity index (χ0n) is 5.78. The molecule has 0 spiro atoms. The van der Waals surface area contributed by atoms with Crippen LogP contribution in [0.5, 0.6) is 0 Å². The fourth-order valence-corrected chi connectivity index (χ4v) is 1.04. The van der Waals surface area contributed by atoms with Gasteiger partial charge in [-0.15, -0.1) is 0 Å². The van der Waals surface area contributed by atoms with E-state index in [1.165, 1.54) is 0 Å². The maximum atomic E-state index is 10.2. The molecule has 62 valence electrons. The maximum absolute atomic E-state index is 10.2. The van der Waals surface area contributed by atoms with Gasteiger partial charge >= 0.3 is 71.9 Å². The molecule has 0 rings (SSSR count). The predicted octanol–water partition coefficient (Wildman–Crippen LogP) is -0.476. The van der Waals surface area contributed by atoms with Crippen molar-refractivity contribution in [2.24, 2.45) is 0 Å². The van der Waals surface area contributed by atoms with Crippen LogP contribution in [0.1, 0.15) is 6.42 Å². The van der Waals surface area contributed by atoms with E-state index in [0.29, 0.717) is 0 Å². The van der Waals surface area contributed by atoms with Gasteiger partial charge < -0.3 is 0 Å². The van der Waals surface area contributed by atoms with Crippen molar-refractivity contribution in [1.82, 2.24) is 0 Å². The Morgan fingerprint density at radius 3 is 2.18 bits per heavy atom. The van der Waals surface area contributed by atoms with E-state index in [1.54, 1.807) is 0 Å². The fraction of sp³-hybridized carbons (Fsp3) is 0.333. The molecule has 0 aliphatic rings. The normalized spacial score (nSPS) is 12.1. The molecule has 0 saturated carbocycles. The van der Waals surface area contributed by atoms with Gasteiger partial charge in [-0.2, -0.15) is 0 Å². The summed E-state index contributed by atoms with van der Waals surface area (Å²) in [6.45, 7) is 3.22. The molecule has 2 atom stereocenters. The van der Waals surface area contributed by atoms with E-state index in [9.17, 15) is 9.59 Å². The topological polar surface area (TPSA) is 74.6 Å². The van der Waals surface area contributed by atoms with Crippen molar-refractivity contribution >= 4 is 28.8 Å². The molecule has 4 nitrogen and oxygen atoms in total. The average molecular weight is 220 g/mol. The molecule has 5 heteroatoms. The van der Waals surface area contributed by atoms with Crippen LogP contribution in [0.4, 0.5) is 0 Å². The summed E-state index contributed by atoms with van der Waals surface area (Å²) >= 11 is 0.992. The molecule has 0 saturated heterocycles. The van der Waals surface area contributed by atoms with Gasteiger partial charge in [-0.05, 0) is 0 Å². The Morgan fingerprint density at radius 2 is 1.91 bits per heavy atom. The van der Waals surface area contributed by atoms with Gasteiger partial charge in [0.25, 0.3) is 0 Å². The Balaban J connectivity index is 3.95. The van der Waals surface area contributed by atoms with Crippen LogP contribution in [0.15, 0.2) is 12.2 Å². The quantitative estimate of drug-likeness (QED) is 0.495. The third kappa shape index (κ3) is 3.83. The first-order chi connectivity index (χ1) is 4.95. The van der Waals surface area contributed by atoms with Crippen LogP contribution < -0.4 is 0 Å². The van der Waals surface area contributed by atoms with Gasteiger partial charge in [0.2, 0.25) is 0 Å². The second kappa shape index (κ2) is 4.19. The van der Waals surface area contributed by atoms with Crippen LogP contribution in [0.3, 0.4) is 0 Å². The molecule has 0 fully saturated rings. The first-order valence-corrected chi connectivity index (χ1v) is 4.24. The van der Waals surface area contributed by atoms with E-state index < -0.39 is 16.6 Å². The summed E-state index contributed by atoms with van der Waals surface area (Å²) in [4.78, 5) is 20.4. The second-order valence-corrected chi connectivity index (χ2v) is 3.75.